The Kier molecular flexibility index (Phi) is 3.71. The molecule has 1 saturated heterocycles. The molecule has 2 atom stereocenters. The minimum atomic E-state index is -1.16. The predicted octanol–water partition coefficient (Wildman–Crippen LogP) is 1.55. The lowest BCUT2D eigenvalue weighted by Crippen LogP contribution is -2.52. The Bertz CT molecular complexity index is 277. The molecule has 84 valence electrons. The third-order valence-corrected chi connectivity index (χ3v) is 2.69. The summed E-state index contributed by atoms with van der Waals surface area (Å²) in [6, 6.07) is -1.14. The fraction of sp³-hybridized carbons (Fsp3) is 0.600. The van der Waals surface area contributed by atoms with Crippen LogP contribution in [0.5, 0.6) is 0 Å². The van der Waals surface area contributed by atoms with Crippen molar-refractivity contribution in [3.63, 3.8) is 0 Å². The maximum atomic E-state index is 11.0. The summed E-state index contributed by atoms with van der Waals surface area (Å²) in [6.07, 6.45) is 2.84. The van der Waals surface area contributed by atoms with Gasteiger partial charge in [-0.25, -0.2) is 9.59 Å². The highest BCUT2D eigenvalue weighted by atomic mass is 16.4. The van der Waals surface area contributed by atoms with E-state index < -0.39 is 18.1 Å². The SMILES string of the molecule is C=CCC1CCC[C@@H](C(=O)O)N1C(=O)O. The first-order chi connectivity index (χ1) is 7.07. The lowest BCUT2D eigenvalue weighted by Gasteiger charge is -2.37. The molecule has 1 amide bonds. The molecule has 1 unspecified atom stereocenters. The number of carbonyl (C=O) groups is 2. The van der Waals surface area contributed by atoms with Crippen LogP contribution in [0.2, 0.25) is 0 Å². The lowest BCUT2D eigenvalue weighted by molar-refractivity contribution is -0.144. The van der Waals surface area contributed by atoms with Gasteiger partial charge in [-0.3, -0.25) is 4.90 Å². The van der Waals surface area contributed by atoms with E-state index in [0.29, 0.717) is 19.3 Å². The summed E-state index contributed by atoms with van der Waals surface area (Å²) in [5, 5.41) is 17.9. The van der Waals surface area contributed by atoms with Gasteiger partial charge in [0.25, 0.3) is 0 Å². The Hall–Kier alpha value is -1.52. The second kappa shape index (κ2) is 4.82. The first-order valence-electron chi connectivity index (χ1n) is 4.93. The molecule has 0 saturated carbocycles. The highest BCUT2D eigenvalue weighted by Gasteiger charge is 2.37. The number of nitrogens with zero attached hydrogens (tertiary/aromatic N) is 1. The first kappa shape index (κ1) is 11.6. The Morgan fingerprint density at radius 1 is 1.40 bits per heavy atom. The molecule has 2 N–H and O–H groups in total. The van der Waals surface area contributed by atoms with Crippen molar-refractivity contribution in [2.75, 3.05) is 0 Å². The molecule has 0 bridgehead atoms. The minimum absolute atomic E-state index is 0.241. The van der Waals surface area contributed by atoms with Crippen LogP contribution in [0.15, 0.2) is 12.7 Å². The van der Waals surface area contributed by atoms with E-state index in [4.69, 9.17) is 10.2 Å². The second-order valence-electron chi connectivity index (χ2n) is 3.65. The van der Waals surface area contributed by atoms with Gasteiger partial charge in [0.2, 0.25) is 0 Å². The molecule has 1 rings (SSSR count). The molecule has 0 aromatic rings. The summed E-state index contributed by atoms with van der Waals surface area (Å²) >= 11 is 0. The van der Waals surface area contributed by atoms with Crippen LogP contribution in [0.25, 0.3) is 0 Å². The quantitative estimate of drug-likeness (QED) is 0.697. The number of carboxylic acids is 1. The van der Waals surface area contributed by atoms with Crippen LogP contribution in [0, 0.1) is 0 Å². The van der Waals surface area contributed by atoms with Crippen LogP contribution in [0.3, 0.4) is 0 Å². The molecular formula is C10H15NO4. The molecule has 0 radical (unpaired) electrons. The molecule has 0 spiro atoms. The molecule has 1 heterocycles. The summed E-state index contributed by atoms with van der Waals surface area (Å²) in [5.41, 5.74) is 0. The largest absolute Gasteiger partial charge is 0.480 e. The predicted molar refractivity (Wildman–Crippen MR) is 53.7 cm³/mol. The fourth-order valence-electron chi connectivity index (χ4n) is 2.04. The molecule has 1 aliphatic heterocycles. The van der Waals surface area contributed by atoms with Gasteiger partial charge in [-0.1, -0.05) is 6.08 Å². The fourth-order valence-corrected chi connectivity index (χ4v) is 2.04. The van der Waals surface area contributed by atoms with Gasteiger partial charge >= 0.3 is 12.1 Å². The first-order valence-corrected chi connectivity index (χ1v) is 4.93. The molecule has 0 aromatic heterocycles. The normalized spacial score (nSPS) is 26.0. The monoisotopic (exact) mass is 213 g/mol. The van der Waals surface area contributed by atoms with Crippen molar-refractivity contribution >= 4 is 12.1 Å². The molecule has 1 fully saturated rings. The maximum Gasteiger partial charge on any atom is 0.408 e. The van der Waals surface area contributed by atoms with Crippen molar-refractivity contribution in [2.24, 2.45) is 0 Å². The van der Waals surface area contributed by atoms with Gasteiger partial charge in [0.05, 0.1) is 0 Å². The topological polar surface area (TPSA) is 77.8 Å². The van der Waals surface area contributed by atoms with Crippen LogP contribution >= 0.6 is 0 Å². The average molecular weight is 213 g/mol. The van der Waals surface area contributed by atoms with E-state index in [1.54, 1.807) is 6.08 Å². The van der Waals surface area contributed by atoms with Gasteiger partial charge in [-0.2, -0.15) is 0 Å². The zero-order valence-electron chi connectivity index (χ0n) is 8.43. The number of carboxylic acid groups (broad SMARTS) is 2. The minimum Gasteiger partial charge on any atom is -0.480 e. The molecule has 5 heteroatoms. The number of hydrogen-bond acceptors (Lipinski definition) is 2. The number of rotatable bonds is 3. The Balaban J connectivity index is 2.84. The van der Waals surface area contributed by atoms with E-state index in [9.17, 15) is 9.59 Å². The third-order valence-electron chi connectivity index (χ3n) is 2.69. The average Bonchev–Trinajstić information content (AvgIpc) is 2.17. The van der Waals surface area contributed by atoms with Crippen molar-refractivity contribution < 1.29 is 19.8 Å². The van der Waals surface area contributed by atoms with Crippen LogP contribution < -0.4 is 0 Å². The van der Waals surface area contributed by atoms with E-state index in [-0.39, 0.29) is 6.04 Å². The molecule has 1 aliphatic rings. The smallest absolute Gasteiger partial charge is 0.408 e. The van der Waals surface area contributed by atoms with Crippen molar-refractivity contribution in [3.8, 4) is 0 Å². The molecule has 0 aromatic carbocycles. The van der Waals surface area contributed by atoms with Gasteiger partial charge in [-0.05, 0) is 25.7 Å². The van der Waals surface area contributed by atoms with E-state index in [1.165, 1.54) is 0 Å². The summed E-state index contributed by atoms with van der Waals surface area (Å²) in [4.78, 5) is 22.9. The molecule has 5 nitrogen and oxygen atoms in total. The van der Waals surface area contributed by atoms with E-state index in [2.05, 4.69) is 6.58 Å². The highest BCUT2D eigenvalue weighted by molar-refractivity contribution is 5.79. The second-order valence-corrected chi connectivity index (χ2v) is 3.65. The number of likely N-dealkylation sites (tertiary alicyclic amines) is 1. The number of aliphatic carboxylic acids is 1. The standard InChI is InChI=1S/C10H15NO4/c1-2-4-7-5-3-6-8(9(12)13)11(7)10(14)15/h2,7-8H,1,3-6H2,(H,12,13)(H,14,15)/t7?,8-/m0/s1. The van der Waals surface area contributed by atoms with Gasteiger partial charge < -0.3 is 10.2 Å². The third kappa shape index (κ3) is 2.49. The zero-order valence-corrected chi connectivity index (χ0v) is 8.43. The van der Waals surface area contributed by atoms with Gasteiger partial charge in [0.1, 0.15) is 6.04 Å². The molecular weight excluding hydrogens is 198 g/mol. The van der Waals surface area contributed by atoms with Crippen LogP contribution in [-0.4, -0.2) is 39.3 Å². The number of amides is 1. The zero-order chi connectivity index (χ0) is 11.4. The summed E-state index contributed by atoms with van der Waals surface area (Å²) in [5.74, 6) is -1.06. The number of piperidine rings is 1. The van der Waals surface area contributed by atoms with Crippen molar-refractivity contribution in [1.29, 1.82) is 0 Å². The summed E-state index contributed by atoms with van der Waals surface area (Å²) < 4.78 is 0. The van der Waals surface area contributed by atoms with Crippen molar-refractivity contribution in [2.45, 2.75) is 37.8 Å². The molecule has 15 heavy (non-hydrogen) atoms. The van der Waals surface area contributed by atoms with Crippen molar-refractivity contribution in [3.05, 3.63) is 12.7 Å². The van der Waals surface area contributed by atoms with Gasteiger partial charge in [-0.15, -0.1) is 6.58 Å². The lowest BCUT2D eigenvalue weighted by atomic mass is 9.94. The highest BCUT2D eigenvalue weighted by Crippen LogP contribution is 2.25. The van der Waals surface area contributed by atoms with Gasteiger partial charge in [0, 0.05) is 6.04 Å². The Morgan fingerprint density at radius 2 is 2.07 bits per heavy atom. The van der Waals surface area contributed by atoms with E-state index in [0.717, 1.165) is 11.3 Å². The number of hydrogen-bond donors (Lipinski definition) is 2. The molecule has 0 aliphatic carbocycles. The van der Waals surface area contributed by atoms with E-state index in [1.807, 2.05) is 0 Å². The Labute approximate surface area is 88.0 Å². The Morgan fingerprint density at radius 3 is 2.53 bits per heavy atom. The van der Waals surface area contributed by atoms with Gasteiger partial charge in [0.15, 0.2) is 0 Å². The van der Waals surface area contributed by atoms with Crippen LogP contribution in [-0.2, 0) is 4.79 Å². The summed E-state index contributed by atoms with van der Waals surface area (Å²) in [7, 11) is 0. The maximum absolute atomic E-state index is 11.0. The van der Waals surface area contributed by atoms with Crippen LogP contribution in [0.1, 0.15) is 25.7 Å². The van der Waals surface area contributed by atoms with Crippen molar-refractivity contribution in [1.82, 2.24) is 4.90 Å². The van der Waals surface area contributed by atoms with Crippen LogP contribution in [0.4, 0.5) is 4.79 Å². The van der Waals surface area contributed by atoms with E-state index >= 15 is 0 Å². The summed E-state index contributed by atoms with van der Waals surface area (Å²) in [6.45, 7) is 3.55.